The van der Waals surface area contributed by atoms with Crippen molar-refractivity contribution >= 4 is 29.1 Å². The zero-order valence-corrected chi connectivity index (χ0v) is 14.6. The first-order valence-corrected chi connectivity index (χ1v) is 8.33. The highest BCUT2D eigenvalue weighted by atomic mass is 16.5. The van der Waals surface area contributed by atoms with Gasteiger partial charge in [0.25, 0.3) is 5.91 Å². The predicted molar refractivity (Wildman–Crippen MR) is 98.5 cm³/mol. The number of carbonyl (C=O) groups is 2. The number of hydrogen-bond donors (Lipinski definition) is 2. The van der Waals surface area contributed by atoms with Crippen LogP contribution in [0.4, 0.5) is 11.4 Å². The van der Waals surface area contributed by atoms with Crippen LogP contribution in [-0.2, 0) is 9.53 Å². The van der Waals surface area contributed by atoms with Gasteiger partial charge in [-0.2, -0.15) is 0 Å². The molecule has 1 amide bonds. The Morgan fingerprint density at radius 2 is 2.20 bits per heavy atom. The van der Waals surface area contributed by atoms with Crippen molar-refractivity contribution in [3.05, 3.63) is 36.0 Å². The van der Waals surface area contributed by atoms with Crippen LogP contribution in [0.1, 0.15) is 36.5 Å². The first-order valence-electron chi connectivity index (χ1n) is 8.33. The first-order chi connectivity index (χ1) is 12.1. The number of nitrogens with one attached hydrogen (secondary N) is 1. The van der Waals surface area contributed by atoms with E-state index in [-0.39, 0.29) is 24.8 Å². The number of anilines is 2. The number of ether oxygens (including phenoxy) is 1. The van der Waals surface area contributed by atoms with E-state index in [1.165, 1.54) is 4.90 Å². The highest BCUT2D eigenvalue weighted by Gasteiger charge is 2.23. The Kier molecular flexibility index (Phi) is 6.56. The van der Waals surface area contributed by atoms with E-state index >= 15 is 0 Å². The third kappa shape index (κ3) is 4.82. The number of benzene rings is 1. The van der Waals surface area contributed by atoms with Gasteiger partial charge in [-0.05, 0) is 31.5 Å². The smallest absolute Gasteiger partial charge is 0.307 e. The number of nitrogens with zero attached hydrogens (tertiary/aromatic N) is 2. The highest BCUT2D eigenvalue weighted by Crippen LogP contribution is 2.21. The second kappa shape index (κ2) is 8.86. The van der Waals surface area contributed by atoms with Gasteiger partial charge >= 0.3 is 5.97 Å². The van der Waals surface area contributed by atoms with E-state index in [1.807, 2.05) is 6.08 Å². The quantitative estimate of drug-likeness (QED) is 0.610. The molecule has 0 unspecified atom stereocenters. The van der Waals surface area contributed by atoms with Crippen LogP contribution in [-0.4, -0.2) is 42.8 Å². The van der Waals surface area contributed by atoms with Gasteiger partial charge in [0.2, 0.25) is 0 Å². The molecule has 1 aromatic carbocycles. The van der Waals surface area contributed by atoms with Crippen molar-refractivity contribution in [1.29, 1.82) is 0 Å². The van der Waals surface area contributed by atoms with E-state index in [4.69, 9.17) is 10.5 Å². The number of amides is 1. The van der Waals surface area contributed by atoms with Crippen molar-refractivity contribution < 1.29 is 14.3 Å². The second-order valence-corrected chi connectivity index (χ2v) is 5.53. The number of nitrogen functional groups attached to an aromatic ring is 1. The Labute approximate surface area is 147 Å². The van der Waals surface area contributed by atoms with Crippen molar-refractivity contribution in [3.8, 4) is 0 Å². The molecule has 0 fully saturated rings. The van der Waals surface area contributed by atoms with Crippen molar-refractivity contribution in [2.75, 3.05) is 31.2 Å². The van der Waals surface area contributed by atoms with E-state index in [0.29, 0.717) is 30.1 Å². The highest BCUT2D eigenvalue weighted by molar-refractivity contribution is 6.07. The van der Waals surface area contributed by atoms with E-state index in [2.05, 4.69) is 10.3 Å². The summed E-state index contributed by atoms with van der Waals surface area (Å²) in [6, 6.07) is 5.10. The SMILES string of the molecule is CCOC(=O)CCN(C(=O)c1ccc(NC)c(N)c1)C1=NC=CCC1. The van der Waals surface area contributed by atoms with Gasteiger partial charge in [-0.15, -0.1) is 0 Å². The van der Waals surface area contributed by atoms with Crippen molar-refractivity contribution in [2.45, 2.75) is 26.2 Å². The summed E-state index contributed by atoms with van der Waals surface area (Å²) in [5, 5.41) is 2.96. The molecule has 0 radical (unpaired) electrons. The monoisotopic (exact) mass is 344 g/mol. The molecule has 0 aliphatic carbocycles. The molecular weight excluding hydrogens is 320 g/mol. The molecule has 1 aromatic rings. The fourth-order valence-electron chi connectivity index (χ4n) is 2.56. The van der Waals surface area contributed by atoms with Crippen molar-refractivity contribution in [1.82, 2.24) is 4.90 Å². The van der Waals surface area contributed by atoms with E-state index < -0.39 is 0 Å². The lowest BCUT2D eigenvalue weighted by atomic mass is 10.1. The van der Waals surface area contributed by atoms with Gasteiger partial charge in [-0.25, -0.2) is 4.99 Å². The maximum atomic E-state index is 13.0. The molecule has 1 aliphatic heterocycles. The standard InChI is InChI=1S/C18H24N4O3/c1-3-25-17(23)9-11-22(16-6-4-5-10-21-16)18(24)13-7-8-15(20-2)14(19)12-13/h5,7-8,10,12,20H,3-4,6,9,11,19H2,1-2H3. The van der Waals surface area contributed by atoms with Gasteiger partial charge in [0.05, 0.1) is 24.4 Å². The second-order valence-electron chi connectivity index (χ2n) is 5.53. The van der Waals surface area contributed by atoms with E-state index in [0.717, 1.165) is 12.1 Å². The fourth-order valence-corrected chi connectivity index (χ4v) is 2.56. The maximum Gasteiger partial charge on any atom is 0.307 e. The number of hydrogen-bond acceptors (Lipinski definition) is 6. The van der Waals surface area contributed by atoms with Gasteiger partial charge in [0, 0.05) is 31.8 Å². The zero-order valence-electron chi connectivity index (χ0n) is 14.6. The molecule has 25 heavy (non-hydrogen) atoms. The van der Waals surface area contributed by atoms with Gasteiger partial charge in [0.15, 0.2) is 0 Å². The van der Waals surface area contributed by atoms with Crippen LogP contribution in [0.15, 0.2) is 35.5 Å². The molecule has 1 aliphatic rings. The molecule has 134 valence electrons. The summed E-state index contributed by atoms with van der Waals surface area (Å²) in [5.74, 6) is 0.0815. The minimum absolute atomic E-state index is 0.117. The van der Waals surface area contributed by atoms with Crippen LogP contribution in [0.3, 0.4) is 0 Å². The molecule has 0 atom stereocenters. The third-order valence-electron chi connectivity index (χ3n) is 3.83. The summed E-state index contributed by atoms with van der Waals surface area (Å²) in [4.78, 5) is 30.5. The van der Waals surface area contributed by atoms with Crippen LogP contribution < -0.4 is 11.1 Å². The Morgan fingerprint density at radius 3 is 2.80 bits per heavy atom. The van der Waals surface area contributed by atoms with Crippen LogP contribution in [0.2, 0.25) is 0 Å². The van der Waals surface area contributed by atoms with Gasteiger partial charge < -0.3 is 15.8 Å². The lowest BCUT2D eigenvalue weighted by molar-refractivity contribution is -0.143. The topological polar surface area (TPSA) is 97.0 Å². The number of carbonyl (C=O) groups excluding carboxylic acids is 2. The molecule has 0 saturated carbocycles. The lowest BCUT2D eigenvalue weighted by Gasteiger charge is -2.25. The average Bonchev–Trinajstić information content (AvgIpc) is 2.62. The molecule has 7 heteroatoms. The predicted octanol–water partition coefficient (Wildman–Crippen LogP) is 2.41. The zero-order chi connectivity index (χ0) is 18.2. The molecule has 1 heterocycles. The summed E-state index contributed by atoms with van der Waals surface area (Å²) >= 11 is 0. The van der Waals surface area contributed by atoms with E-state index in [9.17, 15) is 9.59 Å². The lowest BCUT2D eigenvalue weighted by Crippen LogP contribution is -2.39. The fraction of sp³-hybridized carbons (Fsp3) is 0.389. The summed E-state index contributed by atoms with van der Waals surface area (Å²) in [6.45, 7) is 2.29. The van der Waals surface area contributed by atoms with Crippen LogP contribution in [0.5, 0.6) is 0 Å². The number of allylic oxidation sites excluding steroid dienone is 1. The first kappa shape index (κ1) is 18.5. The summed E-state index contributed by atoms with van der Waals surface area (Å²) in [5.41, 5.74) is 7.66. The Morgan fingerprint density at radius 1 is 1.40 bits per heavy atom. The normalized spacial score (nSPS) is 13.1. The molecule has 0 saturated heterocycles. The molecular formula is C18H24N4O3. The Hall–Kier alpha value is -2.83. The molecule has 3 N–H and O–H groups in total. The average molecular weight is 344 g/mol. The number of amidine groups is 1. The van der Waals surface area contributed by atoms with Crippen molar-refractivity contribution in [3.63, 3.8) is 0 Å². The van der Waals surface area contributed by atoms with Gasteiger partial charge in [-0.1, -0.05) is 6.08 Å². The van der Waals surface area contributed by atoms with Crippen LogP contribution in [0, 0.1) is 0 Å². The Balaban J connectivity index is 2.22. The number of nitrogens with two attached hydrogens (primary N) is 1. The summed E-state index contributed by atoms with van der Waals surface area (Å²) in [6.07, 6.45) is 5.20. The van der Waals surface area contributed by atoms with Crippen LogP contribution in [0.25, 0.3) is 0 Å². The maximum absolute atomic E-state index is 13.0. The molecule has 7 nitrogen and oxygen atoms in total. The molecule has 0 aromatic heterocycles. The largest absolute Gasteiger partial charge is 0.466 e. The minimum Gasteiger partial charge on any atom is -0.466 e. The number of aliphatic imine (C=N–C) groups is 1. The summed E-state index contributed by atoms with van der Waals surface area (Å²) in [7, 11) is 1.77. The number of rotatable bonds is 6. The summed E-state index contributed by atoms with van der Waals surface area (Å²) < 4.78 is 4.96. The van der Waals surface area contributed by atoms with E-state index in [1.54, 1.807) is 38.4 Å². The third-order valence-corrected chi connectivity index (χ3v) is 3.83. The van der Waals surface area contributed by atoms with Crippen molar-refractivity contribution in [2.24, 2.45) is 4.99 Å². The minimum atomic E-state index is -0.336. The molecule has 0 bridgehead atoms. The van der Waals surface area contributed by atoms with Crippen LogP contribution >= 0.6 is 0 Å². The van der Waals surface area contributed by atoms with Gasteiger partial charge in [0.1, 0.15) is 5.84 Å². The molecule has 0 spiro atoms. The Bertz CT molecular complexity index is 698. The van der Waals surface area contributed by atoms with Gasteiger partial charge in [-0.3, -0.25) is 14.5 Å². The number of esters is 1. The molecule has 2 rings (SSSR count).